The Labute approximate surface area is 90.8 Å². The van der Waals surface area contributed by atoms with Crippen LogP contribution in [0.4, 0.5) is 8.78 Å². The van der Waals surface area contributed by atoms with Gasteiger partial charge in [-0.1, -0.05) is 0 Å². The number of benzene rings is 1. The van der Waals surface area contributed by atoms with Gasteiger partial charge in [0.15, 0.2) is 0 Å². The molecule has 0 aliphatic carbocycles. The smallest absolute Gasteiger partial charge is 0.135 e. The highest BCUT2D eigenvalue weighted by molar-refractivity contribution is 5.60. The number of rotatable bonds is 1. The third kappa shape index (κ3) is 1.89. The van der Waals surface area contributed by atoms with Crippen molar-refractivity contribution >= 4 is 0 Å². The van der Waals surface area contributed by atoms with Crippen LogP contribution in [0.15, 0.2) is 36.5 Å². The molecule has 0 saturated heterocycles. The molecule has 78 valence electrons. The normalized spacial score (nSPS) is 9.81. The number of hydrogen-bond donors (Lipinski definition) is 0. The van der Waals surface area contributed by atoms with E-state index in [0.717, 1.165) is 12.1 Å². The standard InChI is InChI=1S/C12H6F2N2/c13-9-2-3-10(11(14)5-9)12-4-1-8(6-15)7-16-12/h1-5,7H. The Morgan fingerprint density at radius 2 is 1.94 bits per heavy atom. The SMILES string of the molecule is N#Cc1ccc(-c2ccc(F)cc2F)nc1. The zero-order valence-electron chi connectivity index (χ0n) is 8.11. The zero-order valence-corrected chi connectivity index (χ0v) is 8.11. The molecule has 2 aromatic rings. The first kappa shape index (κ1) is 10.2. The lowest BCUT2D eigenvalue weighted by Crippen LogP contribution is -1.89. The lowest BCUT2D eigenvalue weighted by molar-refractivity contribution is 0.585. The molecule has 1 heterocycles. The van der Waals surface area contributed by atoms with Crippen molar-refractivity contribution in [3.05, 3.63) is 53.7 Å². The van der Waals surface area contributed by atoms with Gasteiger partial charge in [-0.15, -0.1) is 0 Å². The van der Waals surface area contributed by atoms with Gasteiger partial charge in [-0.05, 0) is 24.3 Å². The Morgan fingerprint density at radius 1 is 1.12 bits per heavy atom. The number of hydrogen-bond acceptors (Lipinski definition) is 2. The van der Waals surface area contributed by atoms with E-state index in [4.69, 9.17) is 5.26 Å². The summed E-state index contributed by atoms with van der Waals surface area (Å²) < 4.78 is 26.1. The molecular weight excluding hydrogens is 210 g/mol. The molecule has 0 saturated carbocycles. The summed E-state index contributed by atoms with van der Waals surface area (Å²) in [6.07, 6.45) is 1.35. The minimum atomic E-state index is -0.669. The van der Waals surface area contributed by atoms with Crippen molar-refractivity contribution in [2.45, 2.75) is 0 Å². The van der Waals surface area contributed by atoms with Gasteiger partial charge >= 0.3 is 0 Å². The molecule has 1 aromatic carbocycles. The van der Waals surface area contributed by atoms with E-state index in [1.165, 1.54) is 24.4 Å². The minimum absolute atomic E-state index is 0.214. The van der Waals surface area contributed by atoms with E-state index >= 15 is 0 Å². The zero-order chi connectivity index (χ0) is 11.5. The number of aromatic nitrogens is 1. The molecule has 0 N–H and O–H groups in total. The Hall–Kier alpha value is -2.28. The van der Waals surface area contributed by atoms with Gasteiger partial charge < -0.3 is 0 Å². The highest BCUT2D eigenvalue weighted by Crippen LogP contribution is 2.21. The highest BCUT2D eigenvalue weighted by atomic mass is 19.1. The van der Waals surface area contributed by atoms with Gasteiger partial charge in [-0.3, -0.25) is 4.98 Å². The van der Waals surface area contributed by atoms with Gasteiger partial charge in [0.2, 0.25) is 0 Å². The summed E-state index contributed by atoms with van der Waals surface area (Å²) in [5.74, 6) is -1.30. The second-order valence-corrected chi connectivity index (χ2v) is 3.17. The quantitative estimate of drug-likeness (QED) is 0.734. The van der Waals surface area contributed by atoms with Gasteiger partial charge in [-0.25, -0.2) is 8.78 Å². The van der Waals surface area contributed by atoms with Crippen molar-refractivity contribution in [2.75, 3.05) is 0 Å². The first-order chi connectivity index (χ1) is 7.70. The van der Waals surface area contributed by atoms with Gasteiger partial charge in [-0.2, -0.15) is 5.26 Å². The Kier molecular flexibility index (Phi) is 2.61. The first-order valence-corrected chi connectivity index (χ1v) is 4.52. The summed E-state index contributed by atoms with van der Waals surface area (Å²) in [6, 6.07) is 8.25. The fourth-order valence-corrected chi connectivity index (χ4v) is 1.32. The van der Waals surface area contributed by atoms with Crippen LogP contribution in [0.5, 0.6) is 0 Å². The number of nitriles is 1. The molecule has 0 radical (unpaired) electrons. The minimum Gasteiger partial charge on any atom is -0.255 e. The molecule has 2 nitrogen and oxygen atoms in total. The molecule has 4 heteroatoms. The summed E-state index contributed by atoms with van der Waals surface area (Å²) in [4.78, 5) is 3.93. The van der Waals surface area contributed by atoms with Crippen LogP contribution in [0.2, 0.25) is 0 Å². The first-order valence-electron chi connectivity index (χ1n) is 4.52. The van der Waals surface area contributed by atoms with Gasteiger partial charge in [0.05, 0.1) is 11.3 Å². The number of nitrogens with zero attached hydrogens (tertiary/aromatic N) is 2. The van der Waals surface area contributed by atoms with Gasteiger partial charge in [0.1, 0.15) is 17.7 Å². The fourth-order valence-electron chi connectivity index (χ4n) is 1.32. The average Bonchev–Trinajstić information content (AvgIpc) is 2.29. The average molecular weight is 216 g/mol. The summed E-state index contributed by atoms with van der Waals surface area (Å²) >= 11 is 0. The predicted molar refractivity (Wildman–Crippen MR) is 54.3 cm³/mol. The van der Waals surface area contributed by atoms with E-state index in [2.05, 4.69) is 4.98 Å². The van der Waals surface area contributed by atoms with Crippen LogP contribution in [-0.4, -0.2) is 4.98 Å². The van der Waals surface area contributed by atoms with E-state index in [1.54, 1.807) is 0 Å². The van der Waals surface area contributed by atoms with Crippen LogP contribution in [0.1, 0.15) is 5.56 Å². The van der Waals surface area contributed by atoms with Crippen molar-refractivity contribution in [2.24, 2.45) is 0 Å². The molecule has 0 spiro atoms. The van der Waals surface area contributed by atoms with E-state index < -0.39 is 11.6 Å². The largest absolute Gasteiger partial charge is 0.255 e. The molecule has 1 aromatic heterocycles. The third-order valence-corrected chi connectivity index (χ3v) is 2.10. The molecule has 0 atom stereocenters. The maximum Gasteiger partial charge on any atom is 0.135 e. The Morgan fingerprint density at radius 3 is 2.50 bits per heavy atom. The van der Waals surface area contributed by atoms with Gasteiger partial charge in [0.25, 0.3) is 0 Å². The molecule has 0 fully saturated rings. The molecule has 0 bridgehead atoms. The lowest BCUT2D eigenvalue weighted by Gasteiger charge is -2.02. The van der Waals surface area contributed by atoms with Crippen LogP contribution < -0.4 is 0 Å². The second-order valence-electron chi connectivity index (χ2n) is 3.17. The maximum atomic E-state index is 13.4. The molecule has 0 amide bonds. The molecular formula is C12H6F2N2. The van der Waals surface area contributed by atoms with E-state index in [1.807, 2.05) is 6.07 Å². The molecule has 0 aliphatic heterocycles. The van der Waals surface area contributed by atoms with Crippen LogP contribution in [-0.2, 0) is 0 Å². The predicted octanol–water partition coefficient (Wildman–Crippen LogP) is 2.90. The Balaban J connectivity index is 2.47. The van der Waals surface area contributed by atoms with Crippen molar-refractivity contribution in [1.29, 1.82) is 5.26 Å². The van der Waals surface area contributed by atoms with Crippen LogP contribution in [0, 0.1) is 23.0 Å². The van der Waals surface area contributed by atoms with E-state index in [-0.39, 0.29) is 5.56 Å². The second kappa shape index (κ2) is 4.07. The highest BCUT2D eigenvalue weighted by Gasteiger charge is 2.07. The third-order valence-electron chi connectivity index (χ3n) is 2.10. The number of pyridine rings is 1. The summed E-state index contributed by atoms with van der Waals surface area (Å²) in [5.41, 5.74) is 0.980. The van der Waals surface area contributed by atoms with E-state index in [9.17, 15) is 8.78 Å². The monoisotopic (exact) mass is 216 g/mol. The molecule has 16 heavy (non-hydrogen) atoms. The fraction of sp³-hybridized carbons (Fsp3) is 0. The van der Waals surface area contributed by atoms with Crippen LogP contribution >= 0.6 is 0 Å². The van der Waals surface area contributed by atoms with Crippen molar-refractivity contribution in [1.82, 2.24) is 4.98 Å². The van der Waals surface area contributed by atoms with Crippen molar-refractivity contribution < 1.29 is 8.78 Å². The van der Waals surface area contributed by atoms with Crippen molar-refractivity contribution in [3.8, 4) is 17.3 Å². The maximum absolute atomic E-state index is 13.4. The topological polar surface area (TPSA) is 36.7 Å². The molecule has 0 unspecified atom stereocenters. The van der Waals surface area contributed by atoms with Crippen molar-refractivity contribution in [3.63, 3.8) is 0 Å². The summed E-state index contributed by atoms with van der Waals surface area (Å²) in [6.45, 7) is 0. The Bertz CT molecular complexity index is 556. The number of halogens is 2. The van der Waals surface area contributed by atoms with Gasteiger partial charge in [0, 0.05) is 17.8 Å². The summed E-state index contributed by atoms with van der Waals surface area (Å²) in [7, 11) is 0. The molecule has 0 aliphatic rings. The van der Waals surface area contributed by atoms with Crippen LogP contribution in [0.25, 0.3) is 11.3 Å². The van der Waals surface area contributed by atoms with E-state index in [0.29, 0.717) is 11.3 Å². The van der Waals surface area contributed by atoms with Crippen LogP contribution in [0.3, 0.4) is 0 Å². The lowest BCUT2D eigenvalue weighted by atomic mass is 10.1. The molecule has 2 rings (SSSR count). The summed E-state index contributed by atoms with van der Waals surface area (Å²) in [5, 5.41) is 8.58.